The Balaban J connectivity index is 1.96. The number of benzene rings is 1. The van der Waals surface area contributed by atoms with Crippen LogP contribution in [0.25, 0.3) is 10.6 Å². The second-order valence-corrected chi connectivity index (χ2v) is 7.16. The molecule has 1 aromatic carbocycles. The third-order valence-electron chi connectivity index (χ3n) is 3.65. The fourth-order valence-electron chi connectivity index (χ4n) is 2.61. The third kappa shape index (κ3) is 2.75. The molecule has 0 unspecified atom stereocenters. The summed E-state index contributed by atoms with van der Waals surface area (Å²) < 4.78 is 25.1. The SMILES string of the molecule is CC1(C)CC(=O)c2sc(-c3ccc(C(F)F)cc3)nc2C1. The van der Waals surface area contributed by atoms with Crippen molar-refractivity contribution < 1.29 is 13.6 Å². The topological polar surface area (TPSA) is 30.0 Å². The lowest BCUT2D eigenvalue weighted by Crippen LogP contribution is -2.25. The van der Waals surface area contributed by atoms with Crippen molar-refractivity contribution >= 4 is 17.1 Å². The van der Waals surface area contributed by atoms with Gasteiger partial charge in [-0.15, -0.1) is 11.3 Å². The summed E-state index contributed by atoms with van der Waals surface area (Å²) in [6, 6.07) is 6.10. The third-order valence-corrected chi connectivity index (χ3v) is 4.83. The van der Waals surface area contributed by atoms with Crippen LogP contribution in [0.15, 0.2) is 24.3 Å². The molecule has 0 atom stereocenters. The highest BCUT2D eigenvalue weighted by molar-refractivity contribution is 7.17. The van der Waals surface area contributed by atoms with Crippen molar-refractivity contribution in [1.82, 2.24) is 4.98 Å². The first-order valence-electron chi connectivity index (χ1n) is 6.77. The number of hydrogen-bond acceptors (Lipinski definition) is 3. The number of thiazole rings is 1. The van der Waals surface area contributed by atoms with Gasteiger partial charge in [-0.05, 0) is 11.8 Å². The highest BCUT2D eigenvalue weighted by Gasteiger charge is 2.33. The molecule has 1 aromatic heterocycles. The number of alkyl halides is 2. The van der Waals surface area contributed by atoms with Gasteiger partial charge >= 0.3 is 0 Å². The largest absolute Gasteiger partial charge is 0.293 e. The minimum absolute atomic E-state index is 0.00252. The Morgan fingerprint density at radius 2 is 1.86 bits per heavy atom. The van der Waals surface area contributed by atoms with E-state index in [1.54, 1.807) is 12.1 Å². The van der Waals surface area contributed by atoms with Crippen molar-refractivity contribution in [3.05, 3.63) is 40.4 Å². The molecular formula is C16H15F2NOS. The van der Waals surface area contributed by atoms with E-state index >= 15 is 0 Å². The summed E-state index contributed by atoms with van der Waals surface area (Å²) >= 11 is 1.36. The Bertz CT molecular complexity index is 689. The molecule has 110 valence electrons. The van der Waals surface area contributed by atoms with Gasteiger partial charge in [0.1, 0.15) is 5.01 Å². The number of halogens is 2. The van der Waals surface area contributed by atoms with Gasteiger partial charge in [0.2, 0.25) is 0 Å². The second-order valence-electron chi connectivity index (χ2n) is 6.16. The fraction of sp³-hybridized carbons (Fsp3) is 0.375. The number of aromatic nitrogens is 1. The summed E-state index contributed by atoms with van der Waals surface area (Å²) in [6.45, 7) is 4.12. The van der Waals surface area contributed by atoms with Crippen LogP contribution in [-0.2, 0) is 6.42 Å². The van der Waals surface area contributed by atoms with Crippen molar-refractivity contribution in [3.63, 3.8) is 0 Å². The quantitative estimate of drug-likeness (QED) is 0.789. The molecule has 0 spiro atoms. The predicted octanol–water partition coefficient (Wildman–Crippen LogP) is 4.90. The number of carbonyl (C=O) groups excluding carboxylic acids is 1. The van der Waals surface area contributed by atoms with Crippen molar-refractivity contribution in [2.45, 2.75) is 33.1 Å². The molecule has 3 rings (SSSR count). The van der Waals surface area contributed by atoms with Crippen LogP contribution in [0.5, 0.6) is 0 Å². The normalized spacial score (nSPS) is 17.1. The minimum Gasteiger partial charge on any atom is -0.293 e. The van der Waals surface area contributed by atoms with E-state index in [0.717, 1.165) is 27.6 Å². The van der Waals surface area contributed by atoms with E-state index in [1.165, 1.54) is 23.5 Å². The number of carbonyl (C=O) groups is 1. The molecule has 0 amide bonds. The van der Waals surface area contributed by atoms with Crippen LogP contribution in [-0.4, -0.2) is 10.8 Å². The molecule has 0 saturated heterocycles. The zero-order valence-electron chi connectivity index (χ0n) is 11.8. The summed E-state index contributed by atoms with van der Waals surface area (Å²) in [5.74, 6) is 0.134. The summed E-state index contributed by atoms with van der Waals surface area (Å²) in [5, 5.41) is 0.729. The smallest absolute Gasteiger partial charge is 0.263 e. The van der Waals surface area contributed by atoms with Crippen molar-refractivity contribution in [2.75, 3.05) is 0 Å². The average Bonchev–Trinajstić information content (AvgIpc) is 2.81. The van der Waals surface area contributed by atoms with Gasteiger partial charge in [0.05, 0.1) is 10.6 Å². The lowest BCUT2D eigenvalue weighted by atomic mass is 9.78. The van der Waals surface area contributed by atoms with Gasteiger partial charge in [0, 0.05) is 17.5 Å². The van der Waals surface area contributed by atoms with Crippen LogP contribution in [0, 0.1) is 5.41 Å². The van der Waals surface area contributed by atoms with Crippen molar-refractivity contribution in [2.24, 2.45) is 5.41 Å². The molecule has 0 bridgehead atoms. The summed E-state index contributed by atoms with van der Waals surface area (Å²) in [6.07, 6.45) is -1.16. The Morgan fingerprint density at radius 1 is 1.19 bits per heavy atom. The van der Waals surface area contributed by atoms with E-state index in [0.29, 0.717) is 6.42 Å². The van der Waals surface area contributed by atoms with E-state index in [4.69, 9.17) is 0 Å². The summed E-state index contributed by atoms with van der Waals surface area (Å²) in [4.78, 5) is 17.4. The average molecular weight is 307 g/mol. The molecule has 0 aliphatic heterocycles. The molecule has 0 fully saturated rings. The van der Waals surface area contributed by atoms with Crippen molar-refractivity contribution in [1.29, 1.82) is 0 Å². The summed E-state index contributed by atoms with van der Waals surface area (Å²) in [7, 11) is 0. The zero-order valence-corrected chi connectivity index (χ0v) is 12.6. The molecule has 2 aromatic rings. The molecule has 0 saturated carbocycles. The second kappa shape index (κ2) is 4.98. The highest BCUT2D eigenvalue weighted by Crippen LogP contribution is 2.39. The Morgan fingerprint density at radius 3 is 2.48 bits per heavy atom. The van der Waals surface area contributed by atoms with Gasteiger partial charge in [-0.1, -0.05) is 38.1 Å². The van der Waals surface area contributed by atoms with E-state index < -0.39 is 6.43 Å². The molecule has 0 N–H and O–H groups in total. The maximum absolute atomic E-state index is 12.6. The Kier molecular flexibility index (Phi) is 3.40. The first-order valence-corrected chi connectivity index (χ1v) is 7.59. The van der Waals surface area contributed by atoms with E-state index in [-0.39, 0.29) is 16.8 Å². The van der Waals surface area contributed by atoms with Crippen LogP contribution < -0.4 is 0 Å². The van der Waals surface area contributed by atoms with E-state index in [2.05, 4.69) is 18.8 Å². The first-order chi connectivity index (χ1) is 9.85. The van der Waals surface area contributed by atoms with E-state index in [1.807, 2.05) is 0 Å². The molecule has 1 aliphatic carbocycles. The highest BCUT2D eigenvalue weighted by atomic mass is 32.1. The molecule has 21 heavy (non-hydrogen) atoms. The summed E-state index contributed by atoms with van der Waals surface area (Å²) in [5.41, 5.74) is 1.56. The van der Waals surface area contributed by atoms with Crippen LogP contribution >= 0.6 is 11.3 Å². The number of rotatable bonds is 2. The van der Waals surface area contributed by atoms with Crippen LogP contribution in [0.1, 0.15) is 47.6 Å². The van der Waals surface area contributed by atoms with Gasteiger partial charge in [-0.3, -0.25) is 4.79 Å². The molecular weight excluding hydrogens is 292 g/mol. The van der Waals surface area contributed by atoms with Gasteiger partial charge in [0.25, 0.3) is 6.43 Å². The van der Waals surface area contributed by atoms with E-state index in [9.17, 15) is 13.6 Å². The first kappa shape index (κ1) is 14.3. The number of Topliss-reactive ketones (excluding diaryl/α,β-unsaturated/α-hetero) is 1. The minimum atomic E-state index is -2.47. The van der Waals surface area contributed by atoms with Gasteiger partial charge in [-0.2, -0.15) is 0 Å². The Labute approximate surface area is 125 Å². The number of ketones is 1. The van der Waals surface area contributed by atoms with Crippen molar-refractivity contribution in [3.8, 4) is 10.6 Å². The molecule has 1 aliphatic rings. The van der Waals surface area contributed by atoms with Gasteiger partial charge in [-0.25, -0.2) is 13.8 Å². The maximum Gasteiger partial charge on any atom is 0.263 e. The van der Waals surface area contributed by atoms with Crippen LogP contribution in [0.3, 0.4) is 0 Å². The zero-order chi connectivity index (χ0) is 15.2. The Hall–Kier alpha value is -1.62. The predicted molar refractivity (Wildman–Crippen MR) is 78.9 cm³/mol. The lowest BCUT2D eigenvalue weighted by Gasteiger charge is -2.26. The molecule has 0 radical (unpaired) electrons. The molecule has 2 nitrogen and oxygen atoms in total. The van der Waals surface area contributed by atoms with Crippen LogP contribution in [0.4, 0.5) is 8.78 Å². The fourth-order valence-corrected chi connectivity index (χ4v) is 3.64. The van der Waals surface area contributed by atoms with Crippen LogP contribution in [0.2, 0.25) is 0 Å². The monoisotopic (exact) mass is 307 g/mol. The lowest BCUT2D eigenvalue weighted by molar-refractivity contribution is 0.0916. The molecule has 5 heteroatoms. The molecule has 1 heterocycles. The maximum atomic E-state index is 12.6. The number of hydrogen-bond donors (Lipinski definition) is 0. The van der Waals surface area contributed by atoms with Gasteiger partial charge in [0.15, 0.2) is 5.78 Å². The number of fused-ring (bicyclic) bond motifs is 1. The standard InChI is InChI=1S/C16H15F2NOS/c1-16(2)7-11-13(12(20)8-16)21-15(19-11)10-5-3-9(4-6-10)14(17)18/h3-6,14H,7-8H2,1-2H3. The van der Waals surface area contributed by atoms with Gasteiger partial charge < -0.3 is 0 Å². The number of nitrogens with zero attached hydrogens (tertiary/aromatic N) is 1.